The molecule has 0 unspecified atom stereocenters. The van der Waals surface area contributed by atoms with Gasteiger partial charge in [-0.05, 0) is 31.8 Å². The Bertz CT molecular complexity index is 177. The average molecular weight is 247 g/mol. The molecule has 0 radical (unpaired) electrons. The highest BCUT2D eigenvalue weighted by Crippen LogP contribution is 1.98. The van der Waals surface area contributed by atoms with Gasteiger partial charge in [0.15, 0.2) is 5.96 Å². The Morgan fingerprint density at radius 2 is 2.12 bits per heavy atom. The zero-order valence-electron chi connectivity index (χ0n) is 10.7. The Morgan fingerprint density at radius 3 is 2.75 bits per heavy atom. The minimum atomic E-state index is 0.705. The van der Waals surface area contributed by atoms with Crippen molar-refractivity contribution in [3.05, 3.63) is 0 Å². The Kier molecular flexibility index (Phi) is 12.3. The lowest BCUT2D eigenvalue weighted by atomic mass is 10.3. The molecule has 0 bridgehead atoms. The Labute approximate surface area is 104 Å². The zero-order chi connectivity index (χ0) is 12.1. The second kappa shape index (κ2) is 12.6. The zero-order valence-corrected chi connectivity index (χ0v) is 11.5. The molecule has 0 aliphatic carbocycles. The number of hydrogen-bond donors (Lipinski definition) is 2. The topological polar surface area (TPSA) is 45.7 Å². The summed E-state index contributed by atoms with van der Waals surface area (Å²) >= 11 is 1.89. The lowest BCUT2D eigenvalue weighted by molar-refractivity contribution is 0.203. The summed E-state index contributed by atoms with van der Waals surface area (Å²) in [5, 5.41) is 6.43. The van der Waals surface area contributed by atoms with Crippen LogP contribution in [0, 0.1) is 0 Å². The Hall–Kier alpha value is -0.420. The van der Waals surface area contributed by atoms with Crippen LogP contribution in [-0.2, 0) is 4.74 Å². The molecule has 0 aliphatic heterocycles. The van der Waals surface area contributed by atoms with Crippen LogP contribution in [0.5, 0.6) is 0 Å². The van der Waals surface area contributed by atoms with Gasteiger partial charge in [-0.25, -0.2) is 0 Å². The fourth-order valence-corrected chi connectivity index (χ4v) is 1.66. The first-order valence-corrected chi connectivity index (χ1v) is 7.24. The van der Waals surface area contributed by atoms with Crippen molar-refractivity contribution in [2.24, 2.45) is 4.99 Å². The van der Waals surface area contributed by atoms with Gasteiger partial charge < -0.3 is 15.4 Å². The van der Waals surface area contributed by atoms with Crippen molar-refractivity contribution >= 4 is 17.7 Å². The van der Waals surface area contributed by atoms with Crippen molar-refractivity contribution in [2.75, 3.05) is 45.4 Å². The maximum absolute atomic E-state index is 4.98. The highest BCUT2D eigenvalue weighted by atomic mass is 32.2. The van der Waals surface area contributed by atoms with Crippen LogP contribution >= 0.6 is 11.8 Å². The first kappa shape index (κ1) is 15.6. The molecule has 0 spiro atoms. The average Bonchev–Trinajstić information content (AvgIpc) is 2.29. The van der Waals surface area contributed by atoms with Crippen molar-refractivity contribution in [1.82, 2.24) is 10.6 Å². The van der Waals surface area contributed by atoms with E-state index in [-0.39, 0.29) is 0 Å². The Balaban J connectivity index is 3.66. The summed E-state index contributed by atoms with van der Waals surface area (Å²) in [4.78, 5) is 4.49. The minimum absolute atomic E-state index is 0.705. The molecule has 96 valence electrons. The maximum Gasteiger partial charge on any atom is 0.191 e. The molecule has 2 N–H and O–H groups in total. The van der Waals surface area contributed by atoms with Gasteiger partial charge in [0.05, 0.1) is 6.61 Å². The first-order chi connectivity index (χ1) is 7.85. The summed E-state index contributed by atoms with van der Waals surface area (Å²) in [7, 11) is 1.70. The van der Waals surface area contributed by atoms with Crippen molar-refractivity contribution in [3.8, 4) is 0 Å². The highest BCUT2D eigenvalue weighted by molar-refractivity contribution is 7.98. The molecule has 0 heterocycles. The van der Waals surface area contributed by atoms with Gasteiger partial charge in [-0.3, -0.25) is 4.99 Å². The molecule has 0 fully saturated rings. The molecule has 0 aromatic heterocycles. The van der Waals surface area contributed by atoms with Crippen molar-refractivity contribution in [3.63, 3.8) is 0 Å². The minimum Gasteiger partial charge on any atom is -0.383 e. The quantitative estimate of drug-likeness (QED) is 0.366. The number of thioether (sulfide) groups is 1. The molecule has 0 amide bonds. The number of hydrogen-bond acceptors (Lipinski definition) is 3. The van der Waals surface area contributed by atoms with E-state index in [9.17, 15) is 0 Å². The molecule has 5 heteroatoms. The van der Waals surface area contributed by atoms with E-state index >= 15 is 0 Å². The monoisotopic (exact) mass is 247 g/mol. The second-order valence-electron chi connectivity index (χ2n) is 3.38. The number of aliphatic imine (C=N–C) groups is 1. The lowest BCUT2D eigenvalue weighted by Crippen LogP contribution is -2.39. The van der Waals surface area contributed by atoms with E-state index in [2.05, 4.69) is 28.8 Å². The highest BCUT2D eigenvalue weighted by Gasteiger charge is 1.95. The summed E-state index contributed by atoms with van der Waals surface area (Å²) in [6.07, 6.45) is 4.53. The largest absolute Gasteiger partial charge is 0.383 e. The molecule has 0 atom stereocenters. The molecule has 0 aliphatic rings. The van der Waals surface area contributed by atoms with Gasteiger partial charge in [-0.1, -0.05) is 0 Å². The van der Waals surface area contributed by atoms with Gasteiger partial charge in [0.25, 0.3) is 0 Å². The Morgan fingerprint density at radius 1 is 1.31 bits per heavy atom. The molecule has 0 saturated heterocycles. The van der Waals surface area contributed by atoms with E-state index in [0.717, 1.165) is 32.0 Å². The van der Waals surface area contributed by atoms with Crippen LogP contribution in [0.3, 0.4) is 0 Å². The van der Waals surface area contributed by atoms with Crippen LogP contribution in [0.25, 0.3) is 0 Å². The van der Waals surface area contributed by atoms with Crippen LogP contribution in [-0.4, -0.2) is 51.3 Å². The fraction of sp³-hybridized carbons (Fsp3) is 0.909. The van der Waals surface area contributed by atoms with Gasteiger partial charge in [0.2, 0.25) is 0 Å². The lowest BCUT2D eigenvalue weighted by Gasteiger charge is -2.10. The van der Waals surface area contributed by atoms with Gasteiger partial charge in [-0.2, -0.15) is 11.8 Å². The molecule has 0 aromatic carbocycles. The van der Waals surface area contributed by atoms with Crippen LogP contribution in [0.4, 0.5) is 0 Å². The van der Waals surface area contributed by atoms with E-state index in [0.29, 0.717) is 6.61 Å². The summed E-state index contributed by atoms with van der Waals surface area (Å²) in [6, 6.07) is 0. The smallest absolute Gasteiger partial charge is 0.191 e. The maximum atomic E-state index is 4.98. The summed E-state index contributed by atoms with van der Waals surface area (Å²) < 4.78 is 4.98. The van der Waals surface area contributed by atoms with Gasteiger partial charge in [0, 0.05) is 26.7 Å². The third-order valence-electron chi connectivity index (χ3n) is 1.97. The second-order valence-corrected chi connectivity index (χ2v) is 4.37. The SMILES string of the molecule is CCNC(=NCCCCSC)NCCOC. The van der Waals surface area contributed by atoms with E-state index < -0.39 is 0 Å². The molecule has 0 aromatic rings. The fourth-order valence-electron chi connectivity index (χ4n) is 1.16. The van der Waals surface area contributed by atoms with Crippen molar-refractivity contribution in [1.29, 1.82) is 0 Å². The molecule has 0 saturated carbocycles. The number of methoxy groups -OCH3 is 1. The molecule has 0 rings (SSSR count). The van der Waals surface area contributed by atoms with Crippen molar-refractivity contribution in [2.45, 2.75) is 19.8 Å². The number of rotatable bonds is 9. The molecular weight excluding hydrogens is 222 g/mol. The molecule has 16 heavy (non-hydrogen) atoms. The number of ether oxygens (including phenoxy) is 1. The van der Waals surface area contributed by atoms with E-state index in [1.54, 1.807) is 7.11 Å². The van der Waals surface area contributed by atoms with Gasteiger partial charge >= 0.3 is 0 Å². The number of nitrogens with one attached hydrogen (secondary N) is 2. The third-order valence-corrected chi connectivity index (χ3v) is 2.67. The molecule has 4 nitrogen and oxygen atoms in total. The van der Waals surface area contributed by atoms with E-state index in [1.807, 2.05) is 11.8 Å². The van der Waals surface area contributed by atoms with Gasteiger partial charge in [-0.15, -0.1) is 0 Å². The summed E-state index contributed by atoms with van der Waals surface area (Å²) in [6.45, 7) is 5.36. The van der Waals surface area contributed by atoms with Gasteiger partial charge in [0.1, 0.15) is 0 Å². The first-order valence-electron chi connectivity index (χ1n) is 5.85. The standard InChI is InChI=1S/C11H25N3OS/c1-4-12-11(14-8-9-15-2)13-7-5-6-10-16-3/h4-10H2,1-3H3,(H2,12,13,14). The number of guanidine groups is 1. The normalized spacial score (nSPS) is 11.6. The van der Waals surface area contributed by atoms with E-state index in [1.165, 1.54) is 12.2 Å². The van der Waals surface area contributed by atoms with E-state index in [4.69, 9.17) is 4.74 Å². The molecular formula is C11H25N3OS. The van der Waals surface area contributed by atoms with Crippen LogP contribution < -0.4 is 10.6 Å². The predicted octanol–water partition coefficient (Wildman–Crippen LogP) is 1.33. The number of unbranched alkanes of at least 4 members (excludes halogenated alkanes) is 1. The van der Waals surface area contributed by atoms with Crippen molar-refractivity contribution < 1.29 is 4.74 Å². The van der Waals surface area contributed by atoms with Crippen LogP contribution in [0.15, 0.2) is 4.99 Å². The number of nitrogens with zero attached hydrogens (tertiary/aromatic N) is 1. The summed E-state index contributed by atoms with van der Waals surface area (Å²) in [5.74, 6) is 2.12. The predicted molar refractivity (Wildman–Crippen MR) is 73.5 cm³/mol. The van der Waals surface area contributed by atoms with Crippen LogP contribution in [0.1, 0.15) is 19.8 Å². The summed E-state index contributed by atoms with van der Waals surface area (Å²) in [5.41, 5.74) is 0. The van der Waals surface area contributed by atoms with Crippen LogP contribution in [0.2, 0.25) is 0 Å². The third kappa shape index (κ3) is 10.1.